The lowest BCUT2D eigenvalue weighted by molar-refractivity contribution is -0.237. The summed E-state index contributed by atoms with van der Waals surface area (Å²) in [6.07, 6.45) is -4.52. The van der Waals surface area contributed by atoms with Crippen molar-refractivity contribution in [2.45, 2.75) is 32.7 Å². The Morgan fingerprint density at radius 2 is 2.15 bits per heavy atom. The number of aromatic nitrogens is 1. The first-order valence-electron chi connectivity index (χ1n) is 6.37. The number of aryl methyl sites for hydroxylation is 1. The van der Waals surface area contributed by atoms with Crippen molar-refractivity contribution in [1.82, 2.24) is 9.88 Å². The Kier molecular flexibility index (Phi) is 4.19. The van der Waals surface area contributed by atoms with Gasteiger partial charge in [-0.1, -0.05) is 0 Å². The largest absolute Gasteiger partial charge is 0.415 e. The summed E-state index contributed by atoms with van der Waals surface area (Å²) in [5, 5.41) is 0. The van der Waals surface area contributed by atoms with Crippen molar-refractivity contribution in [3.63, 3.8) is 0 Å². The number of nitrogens with zero attached hydrogens (tertiary/aromatic N) is 1. The van der Waals surface area contributed by atoms with E-state index in [0.29, 0.717) is 23.4 Å². The van der Waals surface area contributed by atoms with Crippen LogP contribution in [0.1, 0.15) is 16.8 Å². The third-order valence-electron chi connectivity index (χ3n) is 3.51. The first-order chi connectivity index (χ1) is 9.29. The van der Waals surface area contributed by atoms with Gasteiger partial charge in [-0.2, -0.15) is 13.2 Å². The van der Waals surface area contributed by atoms with Crippen molar-refractivity contribution in [2.75, 3.05) is 19.7 Å². The van der Waals surface area contributed by atoms with E-state index in [1.54, 1.807) is 24.9 Å². The lowest BCUT2D eigenvalue weighted by atomic mass is 10.1. The first kappa shape index (κ1) is 15.1. The minimum Gasteiger partial charge on any atom is -0.366 e. The number of rotatable bonds is 2. The summed E-state index contributed by atoms with van der Waals surface area (Å²) in [5.74, 6) is 0. The Bertz CT molecular complexity index is 539. The molecule has 0 unspecified atom stereocenters. The van der Waals surface area contributed by atoms with Gasteiger partial charge in [0.1, 0.15) is 0 Å². The van der Waals surface area contributed by atoms with Crippen molar-refractivity contribution >= 4 is 0 Å². The molecule has 0 bridgehead atoms. The van der Waals surface area contributed by atoms with E-state index in [1.807, 2.05) is 0 Å². The summed E-state index contributed by atoms with van der Waals surface area (Å²) >= 11 is 0. The fraction of sp³-hybridized carbons (Fsp3) is 0.615. The Morgan fingerprint density at radius 1 is 1.45 bits per heavy atom. The van der Waals surface area contributed by atoms with Crippen molar-refractivity contribution < 1.29 is 17.9 Å². The molecule has 1 aliphatic rings. The first-order valence-corrected chi connectivity index (χ1v) is 6.37. The average molecular weight is 290 g/mol. The second-order valence-corrected chi connectivity index (χ2v) is 5.04. The molecule has 1 aliphatic heterocycles. The van der Waals surface area contributed by atoms with Gasteiger partial charge in [-0.15, -0.1) is 0 Å². The molecule has 0 aromatic carbocycles. The molecule has 2 heterocycles. The zero-order valence-corrected chi connectivity index (χ0v) is 11.4. The number of ether oxygens (including phenoxy) is 1. The normalized spacial score (nSPS) is 21.1. The molecule has 1 N–H and O–H groups in total. The van der Waals surface area contributed by atoms with E-state index in [0.717, 1.165) is 0 Å². The Balaban J connectivity index is 2.11. The van der Waals surface area contributed by atoms with Crippen molar-refractivity contribution in [2.24, 2.45) is 0 Å². The zero-order chi connectivity index (χ0) is 14.9. The van der Waals surface area contributed by atoms with Crippen LogP contribution in [0.2, 0.25) is 0 Å². The molecular weight excluding hydrogens is 273 g/mol. The van der Waals surface area contributed by atoms with E-state index < -0.39 is 12.3 Å². The van der Waals surface area contributed by atoms with Crippen molar-refractivity contribution in [3.8, 4) is 0 Å². The van der Waals surface area contributed by atoms with Gasteiger partial charge in [-0.05, 0) is 13.8 Å². The SMILES string of the molecule is Cc1c[nH]c(CN2CCO[C@H](C(F)(F)F)C2)c(C)c1=O. The van der Waals surface area contributed by atoms with Gasteiger partial charge < -0.3 is 9.72 Å². The van der Waals surface area contributed by atoms with Crippen LogP contribution in [0.3, 0.4) is 0 Å². The fourth-order valence-electron chi connectivity index (χ4n) is 2.23. The summed E-state index contributed by atoms with van der Waals surface area (Å²) in [6.45, 7) is 3.92. The fourth-order valence-corrected chi connectivity index (χ4v) is 2.23. The molecule has 20 heavy (non-hydrogen) atoms. The van der Waals surface area contributed by atoms with Gasteiger partial charge >= 0.3 is 6.18 Å². The molecule has 7 heteroatoms. The maximum atomic E-state index is 12.6. The number of halogens is 3. The molecule has 0 saturated carbocycles. The highest BCUT2D eigenvalue weighted by molar-refractivity contribution is 5.23. The summed E-state index contributed by atoms with van der Waals surface area (Å²) in [7, 11) is 0. The number of pyridine rings is 1. The van der Waals surface area contributed by atoms with Gasteiger partial charge in [0, 0.05) is 42.7 Å². The lowest BCUT2D eigenvalue weighted by Crippen LogP contribution is -2.48. The molecule has 1 aromatic heterocycles. The molecule has 4 nitrogen and oxygen atoms in total. The molecule has 2 rings (SSSR count). The highest BCUT2D eigenvalue weighted by atomic mass is 19.4. The number of alkyl halides is 3. The number of morpholine rings is 1. The molecule has 0 spiro atoms. The quantitative estimate of drug-likeness (QED) is 0.902. The topological polar surface area (TPSA) is 45.3 Å². The summed E-state index contributed by atoms with van der Waals surface area (Å²) in [5.41, 5.74) is 1.74. The number of aromatic amines is 1. The number of hydrogen-bond donors (Lipinski definition) is 1. The van der Waals surface area contributed by atoms with Crippen LogP contribution >= 0.6 is 0 Å². The van der Waals surface area contributed by atoms with Crippen molar-refractivity contribution in [1.29, 1.82) is 0 Å². The van der Waals surface area contributed by atoms with Gasteiger partial charge in [-0.25, -0.2) is 0 Å². The number of nitrogens with one attached hydrogen (secondary N) is 1. The van der Waals surface area contributed by atoms with Gasteiger partial charge in [-0.3, -0.25) is 9.69 Å². The molecule has 0 radical (unpaired) electrons. The Labute approximate surface area is 114 Å². The van der Waals surface area contributed by atoms with Crippen LogP contribution in [0, 0.1) is 13.8 Å². The van der Waals surface area contributed by atoms with Gasteiger partial charge in [0.15, 0.2) is 11.5 Å². The summed E-state index contributed by atoms with van der Waals surface area (Å²) in [4.78, 5) is 16.4. The Morgan fingerprint density at radius 3 is 2.80 bits per heavy atom. The van der Waals surface area contributed by atoms with E-state index in [1.165, 1.54) is 0 Å². The van der Waals surface area contributed by atoms with Crippen LogP contribution in [-0.4, -0.2) is 41.9 Å². The minimum absolute atomic E-state index is 0.0410. The van der Waals surface area contributed by atoms with E-state index in [-0.39, 0.29) is 25.1 Å². The van der Waals surface area contributed by atoms with Crippen LogP contribution in [0.25, 0.3) is 0 Å². The average Bonchev–Trinajstić information content (AvgIpc) is 2.39. The van der Waals surface area contributed by atoms with Crippen LogP contribution in [0.15, 0.2) is 11.0 Å². The zero-order valence-electron chi connectivity index (χ0n) is 11.4. The van der Waals surface area contributed by atoms with Gasteiger partial charge in [0.25, 0.3) is 0 Å². The van der Waals surface area contributed by atoms with Crippen LogP contribution in [0.4, 0.5) is 13.2 Å². The molecule has 0 aliphatic carbocycles. The highest BCUT2D eigenvalue weighted by Crippen LogP contribution is 2.26. The molecule has 1 aromatic rings. The van der Waals surface area contributed by atoms with Crippen molar-refractivity contribution in [3.05, 3.63) is 33.2 Å². The van der Waals surface area contributed by atoms with Crippen LogP contribution in [0.5, 0.6) is 0 Å². The summed E-state index contributed by atoms with van der Waals surface area (Å²) in [6, 6.07) is 0. The van der Waals surface area contributed by atoms with E-state index in [2.05, 4.69) is 4.98 Å². The third kappa shape index (κ3) is 3.21. The predicted octanol–water partition coefficient (Wildman–Crippen LogP) is 1.75. The third-order valence-corrected chi connectivity index (χ3v) is 3.51. The number of hydrogen-bond acceptors (Lipinski definition) is 3. The minimum atomic E-state index is -4.35. The van der Waals surface area contributed by atoms with E-state index >= 15 is 0 Å². The molecule has 1 saturated heterocycles. The second kappa shape index (κ2) is 5.57. The second-order valence-electron chi connectivity index (χ2n) is 5.04. The standard InChI is InChI=1S/C13H17F3N2O2/c1-8-5-17-10(9(2)12(8)19)6-18-3-4-20-11(7-18)13(14,15)16/h5,11H,3-4,6-7H2,1-2H3,(H,17,19)/t11-/m0/s1. The van der Waals surface area contributed by atoms with Crippen LogP contribution < -0.4 is 5.43 Å². The monoisotopic (exact) mass is 290 g/mol. The van der Waals surface area contributed by atoms with Gasteiger partial charge in [0.2, 0.25) is 0 Å². The van der Waals surface area contributed by atoms with Crippen LogP contribution in [-0.2, 0) is 11.3 Å². The van der Waals surface area contributed by atoms with Gasteiger partial charge in [0.05, 0.1) is 6.61 Å². The molecule has 112 valence electrons. The smallest absolute Gasteiger partial charge is 0.366 e. The predicted molar refractivity (Wildman–Crippen MR) is 67.6 cm³/mol. The maximum absolute atomic E-state index is 12.6. The highest BCUT2D eigenvalue weighted by Gasteiger charge is 2.43. The molecular formula is C13H17F3N2O2. The molecule has 1 atom stereocenters. The van der Waals surface area contributed by atoms with E-state index in [9.17, 15) is 18.0 Å². The number of H-pyrrole nitrogens is 1. The molecule has 1 fully saturated rings. The summed E-state index contributed by atoms with van der Waals surface area (Å²) < 4.78 is 42.7. The maximum Gasteiger partial charge on any atom is 0.415 e. The lowest BCUT2D eigenvalue weighted by Gasteiger charge is -2.33. The molecule has 0 amide bonds. The Hall–Kier alpha value is -1.34. The van der Waals surface area contributed by atoms with E-state index in [4.69, 9.17) is 4.74 Å².